The van der Waals surface area contributed by atoms with Crippen molar-refractivity contribution >= 4 is 29.3 Å². The molecule has 0 radical (unpaired) electrons. The minimum atomic E-state index is -0.210. The highest BCUT2D eigenvalue weighted by Crippen LogP contribution is 2.04. The van der Waals surface area contributed by atoms with Gasteiger partial charge in [-0.1, -0.05) is 11.6 Å². The third kappa shape index (κ3) is 4.37. The molecular weight excluding hydrogens is 246 g/mol. The number of carbonyl (C=O) groups is 1. The molecule has 1 amide bonds. The third-order valence-corrected chi connectivity index (χ3v) is 2.84. The highest BCUT2D eigenvalue weighted by molar-refractivity contribution is 7.98. The molecule has 1 N–H and O–H groups in total. The van der Waals surface area contributed by atoms with Crippen LogP contribution in [0.5, 0.6) is 0 Å². The van der Waals surface area contributed by atoms with E-state index in [9.17, 15) is 4.79 Å². The van der Waals surface area contributed by atoms with Gasteiger partial charge < -0.3 is 5.32 Å². The number of hydrogen-bond acceptors (Lipinski definition) is 4. The average molecular weight is 260 g/mol. The topological polar surface area (TPSA) is 54.9 Å². The molecule has 6 heteroatoms. The zero-order valence-corrected chi connectivity index (χ0v) is 10.8. The van der Waals surface area contributed by atoms with Crippen molar-refractivity contribution in [2.24, 2.45) is 0 Å². The van der Waals surface area contributed by atoms with Crippen LogP contribution in [0.4, 0.5) is 0 Å². The number of hydrogen-bond donors (Lipinski definition) is 1. The van der Waals surface area contributed by atoms with Gasteiger partial charge in [0.05, 0.1) is 0 Å². The second kappa shape index (κ2) is 6.70. The van der Waals surface area contributed by atoms with E-state index in [1.165, 1.54) is 0 Å². The maximum Gasteiger partial charge on any atom is 0.272 e. The quantitative estimate of drug-likeness (QED) is 0.879. The molecule has 1 aromatic heterocycles. The molecule has 0 saturated heterocycles. The summed E-state index contributed by atoms with van der Waals surface area (Å²) in [6.07, 6.45) is 2.98. The molecule has 1 aromatic rings. The van der Waals surface area contributed by atoms with Gasteiger partial charge in [0.25, 0.3) is 5.91 Å². The lowest BCUT2D eigenvalue weighted by atomic mass is 10.2. The van der Waals surface area contributed by atoms with Gasteiger partial charge in [-0.25, -0.2) is 0 Å². The Hall–Kier alpha value is -0.810. The minimum absolute atomic E-state index is 0.137. The van der Waals surface area contributed by atoms with Crippen molar-refractivity contribution in [2.75, 3.05) is 12.0 Å². The van der Waals surface area contributed by atoms with Crippen molar-refractivity contribution < 1.29 is 4.79 Å². The number of nitrogens with zero attached hydrogens (tertiary/aromatic N) is 2. The molecule has 0 aliphatic heterocycles. The Morgan fingerprint density at radius 3 is 2.88 bits per heavy atom. The fraction of sp³-hybridized carbons (Fsp3) is 0.500. The van der Waals surface area contributed by atoms with Crippen LogP contribution < -0.4 is 5.32 Å². The summed E-state index contributed by atoms with van der Waals surface area (Å²) < 4.78 is 0. The molecule has 1 heterocycles. The first-order valence-electron chi connectivity index (χ1n) is 4.92. The summed E-state index contributed by atoms with van der Waals surface area (Å²) in [5.74, 6) is 0.811. The van der Waals surface area contributed by atoms with Gasteiger partial charge in [0.2, 0.25) is 0 Å². The van der Waals surface area contributed by atoms with E-state index in [0.717, 1.165) is 12.2 Å². The molecule has 0 saturated carbocycles. The van der Waals surface area contributed by atoms with E-state index in [0.29, 0.717) is 5.69 Å². The number of amides is 1. The van der Waals surface area contributed by atoms with Crippen LogP contribution >= 0.6 is 23.4 Å². The number of aromatic nitrogens is 2. The SMILES string of the molecule is CSCCC(C)NC(=O)c1ccc(Cl)nn1. The van der Waals surface area contributed by atoms with Crippen molar-refractivity contribution in [3.63, 3.8) is 0 Å². The predicted octanol–water partition coefficient (Wildman–Crippen LogP) is 2.00. The van der Waals surface area contributed by atoms with E-state index in [4.69, 9.17) is 11.6 Å². The van der Waals surface area contributed by atoms with E-state index in [1.807, 2.05) is 13.2 Å². The van der Waals surface area contributed by atoms with E-state index in [-0.39, 0.29) is 17.1 Å². The summed E-state index contributed by atoms with van der Waals surface area (Å²) >= 11 is 7.34. The number of nitrogens with one attached hydrogen (secondary N) is 1. The van der Waals surface area contributed by atoms with Gasteiger partial charge in [-0.15, -0.1) is 10.2 Å². The smallest absolute Gasteiger partial charge is 0.272 e. The van der Waals surface area contributed by atoms with E-state index < -0.39 is 0 Å². The molecule has 88 valence electrons. The molecule has 0 aliphatic carbocycles. The van der Waals surface area contributed by atoms with Crippen LogP contribution in [0.1, 0.15) is 23.8 Å². The molecule has 1 rings (SSSR count). The van der Waals surface area contributed by atoms with Crippen molar-refractivity contribution in [3.8, 4) is 0 Å². The second-order valence-electron chi connectivity index (χ2n) is 3.40. The standard InChI is InChI=1S/C10H14ClN3OS/c1-7(5-6-16-2)12-10(15)8-3-4-9(11)14-13-8/h3-4,7H,5-6H2,1-2H3,(H,12,15). The lowest BCUT2D eigenvalue weighted by molar-refractivity contribution is 0.0933. The van der Waals surface area contributed by atoms with Gasteiger partial charge in [-0.3, -0.25) is 4.79 Å². The highest BCUT2D eigenvalue weighted by Gasteiger charge is 2.10. The van der Waals surface area contributed by atoms with Gasteiger partial charge in [0.1, 0.15) is 0 Å². The Bertz CT molecular complexity index is 344. The summed E-state index contributed by atoms with van der Waals surface area (Å²) in [6, 6.07) is 3.25. The van der Waals surface area contributed by atoms with Gasteiger partial charge >= 0.3 is 0 Å². The van der Waals surface area contributed by atoms with E-state index in [2.05, 4.69) is 15.5 Å². The lowest BCUT2D eigenvalue weighted by Crippen LogP contribution is -2.33. The monoisotopic (exact) mass is 259 g/mol. The number of rotatable bonds is 5. The molecule has 1 unspecified atom stereocenters. The summed E-state index contributed by atoms with van der Waals surface area (Å²) in [7, 11) is 0. The summed E-state index contributed by atoms with van der Waals surface area (Å²) in [6.45, 7) is 1.97. The fourth-order valence-corrected chi connectivity index (χ4v) is 1.79. The van der Waals surface area contributed by atoms with Crippen LogP contribution in [0.15, 0.2) is 12.1 Å². The van der Waals surface area contributed by atoms with Crippen molar-refractivity contribution in [3.05, 3.63) is 23.0 Å². The first-order valence-corrected chi connectivity index (χ1v) is 6.69. The Balaban J connectivity index is 2.48. The first-order chi connectivity index (χ1) is 7.63. The Labute approximate surface area is 104 Å². The zero-order valence-electron chi connectivity index (χ0n) is 9.24. The molecule has 0 aromatic carbocycles. The third-order valence-electron chi connectivity index (χ3n) is 2.00. The second-order valence-corrected chi connectivity index (χ2v) is 4.77. The van der Waals surface area contributed by atoms with Crippen LogP contribution in [-0.2, 0) is 0 Å². The summed E-state index contributed by atoms with van der Waals surface area (Å²) in [4.78, 5) is 11.7. The van der Waals surface area contributed by atoms with Gasteiger partial charge in [0, 0.05) is 6.04 Å². The van der Waals surface area contributed by atoms with Crippen LogP contribution in [0, 0.1) is 0 Å². The zero-order chi connectivity index (χ0) is 12.0. The normalized spacial score (nSPS) is 12.2. The van der Waals surface area contributed by atoms with E-state index in [1.54, 1.807) is 23.9 Å². The van der Waals surface area contributed by atoms with Crippen molar-refractivity contribution in [1.29, 1.82) is 0 Å². The molecule has 0 aliphatic rings. The van der Waals surface area contributed by atoms with Crippen molar-refractivity contribution in [2.45, 2.75) is 19.4 Å². The lowest BCUT2D eigenvalue weighted by Gasteiger charge is -2.12. The van der Waals surface area contributed by atoms with E-state index >= 15 is 0 Å². The molecule has 0 spiro atoms. The maximum absolute atomic E-state index is 11.7. The van der Waals surface area contributed by atoms with Crippen LogP contribution in [0.3, 0.4) is 0 Å². The number of halogens is 1. The molecule has 0 bridgehead atoms. The number of carbonyl (C=O) groups excluding carboxylic acids is 1. The molecule has 0 fully saturated rings. The largest absolute Gasteiger partial charge is 0.348 e. The summed E-state index contributed by atoms with van der Waals surface area (Å²) in [5, 5.41) is 10.5. The first kappa shape index (κ1) is 13.3. The molecule has 16 heavy (non-hydrogen) atoms. The Morgan fingerprint density at radius 1 is 1.56 bits per heavy atom. The predicted molar refractivity (Wildman–Crippen MR) is 67.0 cm³/mol. The average Bonchev–Trinajstić information content (AvgIpc) is 2.27. The highest BCUT2D eigenvalue weighted by atomic mass is 35.5. The number of thioether (sulfide) groups is 1. The molecule has 4 nitrogen and oxygen atoms in total. The molecule has 1 atom stereocenters. The van der Waals surface area contributed by atoms with Gasteiger partial charge in [-0.05, 0) is 37.5 Å². The van der Waals surface area contributed by atoms with Crippen molar-refractivity contribution in [1.82, 2.24) is 15.5 Å². The maximum atomic E-state index is 11.7. The van der Waals surface area contributed by atoms with Crippen LogP contribution in [0.25, 0.3) is 0 Å². The Kier molecular flexibility index (Phi) is 5.55. The van der Waals surface area contributed by atoms with Gasteiger partial charge in [0.15, 0.2) is 10.8 Å². The van der Waals surface area contributed by atoms with Crippen LogP contribution in [-0.4, -0.2) is 34.2 Å². The Morgan fingerprint density at radius 2 is 2.31 bits per heavy atom. The van der Waals surface area contributed by atoms with Gasteiger partial charge in [-0.2, -0.15) is 11.8 Å². The van der Waals surface area contributed by atoms with Crippen LogP contribution in [0.2, 0.25) is 5.15 Å². The summed E-state index contributed by atoms with van der Waals surface area (Å²) in [5.41, 5.74) is 0.292. The molecular formula is C10H14ClN3OS. The fourth-order valence-electron chi connectivity index (χ4n) is 1.10. The minimum Gasteiger partial charge on any atom is -0.348 e.